The highest BCUT2D eigenvalue weighted by Crippen LogP contribution is 2.50. The number of nitrogens with zero attached hydrogens (tertiary/aromatic N) is 2. The van der Waals surface area contributed by atoms with E-state index in [9.17, 15) is 14.4 Å². The molecular weight excluding hydrogens is 388 g/mol. The molecule has 0 radical (unpaired) electrons. The van der Waals surface area contributed by atoms with Crippen molar-refractivity contribution in [2.75, 3.05) is 26.2 Å². The number of fused-ring (bicyclic) bond motifs is 1. The number of amides is 2. The van der Waals surface area contributed by atoms with Crippen LogP contribution in [-0.2, 0) is 4.79 Å². The minimum absolute atomic E-state index is 0.0495. The quantitative estimate of drug-likeness (QED) is 0.668. The molecule has 0 unspecified atom stereocenters. The van der Waals surface area contributed by atoms with E-state index in [2.05, 4.69) is 6.07 Å². The molecule has 2 aromatic heterocycles. The molecule has 1 aliphatic heterocycles. The fourth-order valence-electron chi connectivity index (χ4n) is 4.01. The molecule has 2 fully saturated rings. The van der Waals surface area contributed by atoms with Crippen LogP contribution in [-0.4, -0.2) is 47.8 Å². The zero-order valence-corrected chi connectivity index (χ0v) is 16.6. The molecule has 3 heterocycles. The predicted molar refractivity (Wildman–Crippen MR) is 110 cm³/mol. The molecule has 29 heavy (non-hydrogen) atoms. The molecule has 1 saturated carbocycles. The Balaban J connectivity index is 1.23. The number of piperazine rings is 1. The van der Waals surface area contributed by atoms with Gasteiger partial charge in [-0.2, -0.15) is 0 Å². The van der Waals surface area contributed by atoms with E-state index in [4.69, 9.17) is 4.42 Å². The molecule has 5 rings (SSSR count). The van der Waals surface area contributed by atoms with Gasteiger partial charge in [0.15, 0.2) is 11.2 Å². The zero-order chi connectivity index (χ0) is 20.0. The first-order chi connectivity index (χ1) is 14.1. The van der Waals surface area contributed by atoms with Crippen LogP contribution in [0, 0.1) is 5.92 Å². The first-order valence-electron chi connectivity index (χ1n) is 9.76. The van der Waals surface area contributed by atoms with Crippen molar-refractivity contribution in [3.63, 3.8) is 0 Å². The molecule has 1 saturated heterocycles. The van der Waals surface area contributed by atoms with Gasteiger partial charge in [0, 0.05) is 49.0 Å². The highest BCUT2D eigenvalue weighted by atomic mass is 32.1. The summed E-state index contributed by atoms with van der Waals surface area (Å²) in [4.78, 5) is 42.6. The Labute approximate surface area is 171 Å². The SMILES string of the molecule is O=C(c1cc(=O)c2ccccc2o1)N1CCN(C(=O)[C@H]2C[C@H]2c2cccs2)CC1. The molecule has 0 bridgehead atoms. The minimum Gasteiger partial charge on any atom is -0.451 e. The highest BCUT2D eigenvalue weighted by Gasteiger charge is 2.46. The standard InChI is InChI=1S/C22H20N2O4S/c25-17-13-19(28-18-5-2-1-4-14(17)18)22(27)24-9-7-23(8-10-24)21(26)16-12-15(16)20-6-3-11-29-20/h1-6,11,13,15-16H,7-10,12H2/t15-,16+/m1/s1. The number of para-hydroxylation sites is 1. The van der Waals surface area contributed by atoms with Crippen molar-refractivity contribution in [2.45, 2.75) is 12.3 Å². The molecule has 3 aromatic rings. The van der Waals surface area contributed by atoms with Crippen LogP contribution in [0.3, 0.4) is 0 Å². The van der Waals surface area contributed by atoms with Crippen molar-refractivity contribution < 1.29 is 14.0 Å². The van der Waals surface area contributed by atoms with Gasteiger partial charge in [0.25, 0.3) is 5.91 Å². The summed E-state index contributed by atoms with van der Waals surface area (Å²) in [5.41, 5.74) is 0.183. The second-order valence-corrected chi connectivity index (χ2v) is 8.53. The van der Waals surface area contributed by atoms with Crippen molar-refractivity contribution in [2.24, 2.45) is 5.92 Å². The molecule has 0 N–H and O–H groups in total. The lowest BCUT2D eigenvalue weighted by Gasteiger charge is -2.34. The Morgan fingerprint density at radius 3 is 2.52 bits per heavy atom. The third-order valence-electron chi connectivity index (χ3n) is 5.74. The van der Waals surface area contributed by atoms with Gasteiger partial charge in [-0.3, -0.25) is 14.4 Å². The van der Waals surface area contributed by atoms with Gasteiger partial charge in [-0.05, 0) is 30.0 Å². The number of thiophene rings is 1. The summed E-state index contributed by atoms with van der Waals surface area (Å²) >= 11 is 1.71. The van der Waals surface area contributed by atoms with Gasteiger partial charge in [-0.1, -0.05) is 18.2 Å². The second kappa shape index (κ2) is 7.15. The lowest BCUT2D eigenvalue weighted by Crippen LogP contribution is -2.51. The molecule has 0 spiro atoms. The molecular formula is C22H20N2O4S. The number of hydrogen-bond donors (Lipinski definition) is 0. The number of carbonyl (C=O) groups excluding carboxylic acids is 2. The van der Waals surface area contributed by atoms with Gasteiger partial charge in [0.2, 0.25) is 5.91 Å². The van der Waals surface area contributed by atoms with E-state index in [1.807, 2.05) is 16.3 Å². The smallest absolute Gasteiger partial charge is 0.289 e. The topological polar surface area (TPSA) is 70.8 Å². The third-order valence-corrected chi connectivity index (χ3v) is 6.74. The van der Waals surface area contributed by atoms with E-state index < -0.39 is 0 Å². The summed E-state index contributed by atoms with van der Waals surface area (Å²) in [5, 5.41) is 2.51. The van der Waals surface area contributed by atoms with E-state index >= 15 is 0 Å². The largest absolute Gasteiger partial charge is 0.451 e. The van der Waals surface area contributed by atoms with Crippen molar-refractivity contribution in [1.82, 2.24) is 9.80 Å². The van der Waals surface area contributed by atoms with Crippen LogP contribution in [0.5, 0.6) is 0 Å². The number of benzene rings is 1. The van der Waals surface area contributed by atoms with Crippen LogP contribution < -0.4 is 5.43 Å². The predicted octanol–water partition coefficient (Wildman–Crippen LogP) is 2.94. The molecule has 2 amide bonds. The summed E-state index contributed by atoms with van der Waals surface area (Å²) in [5.74, 6) is 0.368. The van der Waals surface area contributed by atoms with Gasteiger partial charge in [0.1, 0.15) is 5.58 Å². The van der Waals surface area contributed by atoms with Crippen LogP contribution in [0.25, 0.3) is 11.0 Å². The second-order valence-electron chi connectivity index (χ2n) is 7.55. The van der Waals surface area contributed by atoms with Gasteiger partial charge in [-0.25, -0.2) is 0 Å². The first-order valence-corrected chi connectivity index (χ1v) is 10.6. The van der Waals surface area contributed by atoms with Crippen LogP contribution in [0.2, 0.25) is 0 Å². The highest BCUT2D eigenvalue weighted by molar-refractivity contribution is 7.10. The van der Waals surface area contributed by atoms with Crippen LogP contribution in [0.4, 0.5) is 0 Å². The summed E-state index contributed by atoms with van der Waals surface area (Å²) < 4.78 is 5.66. The Kier molecular flexibility index (Phi) is 4.47. The van der Waals surface area contributed by atoms with Gasteiger partial charge < -0.3 is 14.2 Å². The van der Waals surface area contributed by atoms with Crippen molar-refractivity contribution in [3.8, 4) is 0 Å². The fourth-order valence-corrected chi connectivity index (χ4v) is 4.92. The zero-order valence-electron chi connectivity index (χ0n) is 15.7. The minimum atomic E-state index is -0.303. The maximum atomic E-state index is 12.8. The Morgan fingerprint density at radius 1 is 1.00 bits per heavy atom. The number of carbonyl (C=O) groups is 2. The molecule has 2 atom stereocenters. The lowest BCUT2D eigenvalue weighted by atomic mass is 10.2. The van der Waals surface area contributed by atoms with Crippen molar-refractivity contribution in [1.29, 1.82) is 0 Å². The summed E-state index contributed by atoms with van der Waals surface area (Å²) in [6.07, 6.45) is 0.917. The average molecular weight is 408 g/mol. The Hall–Kier alpha value is -2.93. The summed E-state index contributed by atoms with van der Waals surface area (Å²) in [6.45, 7) is 1.90. The summed E-state index contributed by atoms with van der Waals surface area (Å²) in [6, 6.07) is 12.3. The molecule has 6 nitrogen and oxygen atoms in total. The Bertz CT molecular complexity index is 1130. The normalized spacial score (nSPS) is 21.4. The van der Waals surface area contributed by atoms with Gasteiger partial charge in [0.05, 0.1) is 5.39 Å². The first kappa shape index (κ1) is 18.1. The maximum Gasteiger partial charge on any atom is 0.289 e. The van der Waals surface area contributed by atoms with Crippen LogP contribution in [0.1, 0.15) is 27.8 Å². The third kappa shape index (κ3) is 3.35. The molecule has 148 valence electrons. The number of rotatable bonds is 3. The monoisotopic (exact) mass is 408 g/mol. The van der Waals surface area contributed by atoms with E-state index in [1.54, 1.807) is 40.5 Å². The fraction of sp³-hybridized carbons (Fsp3) is 0.318. The molecule has 1 aromatic carbocycles. The van der Waals surface area contributed by atoms with Crippen molar-refractivity contribution >= 4 is 34.1 Å². The number of hydrogen-bond acceptors (Lipinski definition) is 5. The van der Waals surface area contributed by atoms with Gasteiger partial charge in [-0.15, -0.1) is 11.3 Å². The van der Waals surface area contributed by atoms with E-state index in [0.717, 1.165) is 6.42 Å². The van der Waals surface area contributed by atoms with Gasteiger partial charge >= 0.3 is 0 Å². The van der Waals surface area contributed by atoms with Crippen LogP contribution in [0.15, 0.2) is 57.1 Å². The maximum absolute atomic E-state index is 12.8. The molecule has 1 aliphatic carbocycles. The van der Waals surface area contributed by atoms with E-state index in [1.165, 1.54) is 10.9 Å². The van der Waals surface area contributed by atoms with Crippen LogP contribution >= 0.6 is 11.3 Å². The lowest BCUT2D eigenvalue weighted by molar-refractivity contribution is -0.134. The average Bonchev–Trinajstić information content (AvgIpc) is 3.37. The van der Waals surface area contributed by atoms with E-state index in [-0.39, 0.29) is 28.9 Å². The molecule has 7 heteroatoms. The Morgan fingerprint density at radius 2 is 1.76 bits per heavy atom. The summed E-state index contributed by atoms with van der Waals surface area (Å²) in [7, 11) is 0. The van der Waals surface area contributed by atoms with Crippen molar-refractivity contribution in [3.05, 3.63) is 68.7 Å². The van der Waals surface area contributed by atoms with E-state index in [0.29, 0.717) is 43.1 Å². The molecule has 2 aliphatic rings.